The first kappa shape index (κ1) is 39.7. The predicted molar refractivity (Wildman–Crippen MR) is 257 cm³/mol. The van der Waals surface area contributed by atoms with Crippen molar-refractivity contribution in [3.05, 3.63) is 163 Å². The van der Waals surface area contributed by atoms with E-state index in [9.17, 15) is 30.6 Å². The molecular formula is C53H35B2NO8. The van der Waals surface area contributed by atoms with E-state index in [0.717, 1.165) is 49.5 Å². The second-order valence-electron chi connectivity index (χ2n) is 15.6. The fraction of sp³-hybridized carbons (Fsp3) is 0.0189. The number of nitrogens with zero attached hydrogens (tertiary/aromatic N) is 1. The zero-order chi connectivity index (χ0) is 44.6. The minimum absolute atomic E-state index is 0.0321. The zero-order valence-corrected chi connectivity index (χ0v) is 34.2. The van der Waals surface area contributed by atoms with Gasteiger partial charge >= 0.3 is 0 Å². The lowest BCUT2D eigenvalue weighted by Gasteiger charge is -2.23. The molecule has 2 heterocycles. The van der Waals surface area contributed by atoms with E-state index < -0.39 is 34.2 Å². The minimum atomic E-state index is -0.631. The third-order valence-electron chi connectivity index (χ3n) is 11.8. The highest BCUT2D eigenvalue weighted by atomic mass is 16.4. The van der Waals surface area contributed by atoms with Gasteiger partial charge in [-0.25, -0.2) is 0 Å². The fourth-order valence-electron chi connectivity index (χ4n) is 8.56. The van der Waals surface area contributed by atoms with Crippen LogP contribution >= 0.6 is 0 Å². The molecule has 10 aromatic rings. The van der Waals surface area contributed by atoms with Gasteiger partial charge in [0.25, 0.3) is 0 Å². The number of rotatable bonds is 8. The number of allylic oxidation sites excluding steroid dienone is 4. The Balaban J connectivity index is 1.12. The van der Waals surface area contributed by atoms with E-state index in [2.05, 4.69) is 36.9 Å². The molecule has 0 aliphatic carbocycles. The summed E-state index contributed by atoms with van der Waals surface area (Å²) < 4.78 is 12.3. The lowest BCUT2D eigenvalue weighted by molar-refractivity contribution is 0.396. The van der Waals surface area contributed by atoms with Crippen LogP contribution in [-0.2, 0) is 0 Å². The Bertz CT molecular complexity index is 3640. The highest BCUT2D eigenvalue weighted by Gasteiger charge is 2.29. The molecule has 0 bridgehead atoms. The molecule has 10 rings (SSSR count). The third kappa shape index (κ3) is 6.28. The Kier molecular flexibility index (Phi) is 9.41. The van der Waals surface area contributed by atoms with E-state index in [1.165, 1.54) is 13.0 Å². The largest absolute Gasteiger partial charge is 0.508 e. The Hall–Kier alpha value is -8.43. The van der Waals surface area contributed by atoms with Gasteiger partial charge in [-0.05, 0) is 112 Å². The second-order valence-corrected chi connectivity index (χ2v) is 15.6. The van der Waals surface area contributed by atoms with E-state index in [1.54, 1.807) is 42.5 Å². The molecule has 6 N–H and O–H groups in total. The molecule has 11 heteroatoms. The molecular weight excluding hydrogens is 800 g/mol. The summed E-state index contributed by atoms with van der Waals surface area (Å²) in [5.41, 5.74) is 6.46. The summed E-state index contributed by atoms with van der Waals surface area (Å²) in [7, 11) is 12.7. The number of para-hydroxylation sites is 1. The average Bonchev–Trinajstić information content (AvgIpc) is 3.90. The molecule has 9 nitrogen and oxygen atoms in total. The van der Waals surface area contributed by atoms with Crippen molar-refractivity contribution in [1.82, 2.24) is 0 Å². The fourth-order valence-corrected chi connectivity index (χ4v) is 8.56. The van der Waals surface area contributed by atoms with Crippen molar-refractivity contribution in [2.75, 3.05) is 4.90 Å². The standard InChI is InChI=1S/C53H35B2NO8/c1-3-7-29(36-20-19-35(57)26-39(36)54)22-23-56(33-17-14-28(15-18-33)31-13-12-30-16-21-41-43(38(30)25-31)37-10-4-5-11-40(37)63-41)34-9-6-8-32(24-34)42-49(60)46(55)50(61)44-45-51(62)47(58)27(2)48(59)53(45)64-52(42)44/h3-26,57-62H,1H2,2H3/b23-22-,29-7+. The number of aromatic hydroxyl groups is 6. The molecule has 0 aliphatic heterocycles. The van der Waals surface area contributed by atoms with Gasteiger partial charge in [-0.15, -0.1) is 0 Å². The summed E-state index contributed by atoms with van der Waals surface area (Å²) in [6.45, 7) is 5.30. The summed E-state index contributed by atoms with van der Waals surface area (Å²) in [5.74, 6) is -2.75. The smallest absolute Gasteiger partial charge is 0.181 e. The molecule has 8 aromatic carbocycles. The van der Waals surface area contributed by atoms with Crippen LogP contribution in [0.2, 0.25) is 0 Å². The maximum Gasteiger partial charge on any atom is 0.181 e. The molecule has 0 saturated carbocycles. The van der Waals surface area contributed by atoms with Crippen LogP contribution in [0.1, 0.15) is 11.1 Å². The van der Waals surface area contributed by atoms with E-state index in [4.69, 9.17) is 24.5 Å². The minimum Gasteiger partial charge on any atom is -0.508 e. The van der Waals surface area contributed by atoms with Crippen molar-refractivity contribution in [3.63, 3.8) is 0 Å². The zero-order valence-electron chi connectivity index (χ0n) is 34.2. The van der Waals surface area contributed by atoms with Gasteiger partial charge < -0.3 is 44.4 Å². The van der Waals surface area contributed by atoms with Crippen LogP contribution in [-0.4, -0.2) is 46.3 Å². The van der Waals surface area contributed by atoms with Crippen molar-refractivity contribution in [2.45, 2.75) is 6.92 Å². The number of hydrogen-bond donors (Lipinski definition) is 6. The number of benzene rings is 8. The first-order chi connectivity index (χ1) is 30.9. The number of anilines is 2. The molecule has 0 aliphatic rings. The van der Waals surface area contributed by atoms with Crippen LogP contribution in [0.3, 0.4) is 0 Å². The summed E-state index contributed by atoms with van der Waals surface area (Å²) in [6.07, 6.45) is 7.16. The maximum atomic E-state index is 11.6. The maximum absolute atomic E-state index is 11.6. The van der Waals surface area contributed by atoms with Gasteiger partial charge in [-0.2, -0.15) is 0 Å². The van der Waals surface area contributed by atoms with Crippen LogP contribution in [0, 0.1) is 6.92 Å². The van der Waals surface area contributed by atoms with Crippen molar-refractivity contribution >= 4 is 98.2 Å². The van der Waals surface area contributed by atoms with E-state index in [1.807, 2.05) is 71.8 Å². The van der Waals surface area contributed by atoms with E-state index in [-0.39, 0.29) is 38.8 Å². The molecule has 4 radical (unpaired) electrons. The Labute approximate surface area is 368 Å². The monoisotopic (exact) mass is 835 g/mol. The molecule has 0 saturated heterocycles. The van der Waals surface area contributed by atoms with E-state index >= 15 is 0 Å². The number of furan rings is 2. The van der Waals surface area contributed by atoms with Crippen LogP contribution in [0.5, 0.6) is 34.5 Å². The van der Waals surface area contributed by atoms with Gasteiger partial charge in [0.1, 0.15) is 44.1 Å². The van der Waals surface area contributed by atoms with Crippen molar-refractivity contribution in [1.29, 1.82) is 0 Å². The number of phenols is 6. The van der Waals surface area contributed by atoms with Gasteiger partial charge in [0.2, 0.25) is 0 Å². The molecule has 0 atom stereocenters. The van der Waals surface area contributed by atoms with E-state index in [0.29, 0.717) is 27.9 Å². The van der Waals surface area contributed by atoms with Gasteiger partial charge in [-0.3, -0.25) is 0 Å². The van der Waals surface area contributed by atoms with Gasteiger partial charge in [-0.1, -0.05) is 90.9 Å². The summed E-state index contributed by atoms with van der Waals surface area (Å²) in [4.78, 5) is 1.93. The lowest BCUT2D eigenvalue weighted by Crippen LogP contribution is -2.11. The number of phenolic OH excluding ortho intramolecular Hbond substituents is 6. The molecule has 306 valence electrons. The Morgan fingerprint density at radius 3 is 2.12 bits per heavy atom. The Morgan fingerprint density at radius 1 is 0.594 bits per heavy atom. The second kappa shape index (κ2) is 15.2. The summed E-state index contributed by atoms with van der Waals surface area (Å²) >= 11 is 0. The quantitative estimate of drug-likeness (QED) is 0.0380. The predicted octanol–water partition coefficient (Wildman–Crippen LogP) is 11.0. The van der Waals surface area contributed by atoms with Crippen molar-refractivity contribution in [3.8, 4) is 56.8 Å². The summed E-state index contributed by atoms with van der Waals surface area (Å²) in [6, 6.07) is 38.4. The molecule has 64 heavy (non-hydrogen) atoms. The Morgan fingerprint density at radius 2 is 1.34 bits per heavy atom. The topological polar surface area (TPSA) is 151 Å². The molecule has 2 aromatic heterocycles. The van der Waals surface area contributed by atoms with Crippen LogP contribution in [0.15, 0.2) is 161 Å². The van der Waals surface area contributed by atoms with Crippen molar-refractivity contribution < 1.29 is 39.5 Å². The lowest BCUT2D eigenvalue weighted by atomic mass is 9.86. The van der Waals surface area contributed by atoms with Crippen LogP contribution < -0.4 is 15.8 Å². The van der Waals surface area contributed by atoms with Gasteiger partial charge in [0.15, 0.2) is 28.4 Å². The average molecular weight is 835 g/mol. The third-order valence-corrected chi connectivity index (χ3v) is 11.8. The number of hydrogen-bond acceptors (Lipinski definition) is 9. The SMILES string of the molecule is [B]c1cc(O)ccc1C(/C=C\N(c1ccc(-c2ccc3ccc4oc5ccccc5c4c3c2)cc1)c1cccc(-c2c(O)c([B])c(O)c3c2oc2c(O)c(C)c(O)c(O)c23)c1)=C/C=C. The highest BCUT2D eigenvalue weighted by Crippen LogP contribution is 2.53. The first-order valence-electron chi connectivity index (χ1n) is 20.2. The first-order valence-corrected chi connectivity index (χ1v) is 20.2. The van der Waals surface area contributed by atoms with Crippen molar-refractivity contribution in [2.24, 2.45) is 0 Å². The molecule has 0 amide bonds. The van der Waals surface area contributed by atoms with Crippen LogP contribution in [0.4, 0.5) is 11.4 Å². The van der Waals surface area contributed by atoms with Gasteiger partial charge in [0.05, 0.1) is 16.3 Å². The highest BCUT2D eigenvalue weighted by molar-refractivity contribution is 6.40. The molecule has 0 fully saturated rings. The molecule has 0 unspecified atom stereocenters. The normalized spacial score (nSPS) is 12.1. The number of fused-ring (bicyclic) bond motifs is 8. The molecule has 0 spiro atoms. The van der Waals surface area contributed by atoms with Crippen LogP contribution in [0.25, 0.3) is 82.5 Å². The summed E-state index contributed by atoms with van der Waals surface area (Å²) in [5, 5.41) is 69.5. The van der Waals surface area contributed by atoms with Gasteiger partial charge in [0, 0.05) is 33.9 Å².